The van der Waals surface area contributed by atoms with Crippen LogP contribution in [-0.2, 0) is 4.74 Å². The largest absolute Gasteiger partial charge is 0.370 e. The Morgan fingerprint density at radius 3 is 3.05 bits per heavy atom. The van der Waals surface area contributed by atoms with Crippen molar-refractivity contribution >= 4 is 12.2 Å². The molecule has 1 saturated heterocycles. The maximum absolute atomic E-state index is 13.0. The summed E-state index contributed by atoms with van der Waals surface area (Å²) in [7, 11) is 0. The third-order valence-corrected chi connectivity index (χ3v) is 2.94. The van der Waals surface area contributed by atoms with Gasteiger partial charge in [-0.15, -0.1) is 0 Å². The van der Waals surface area contributed by atoms with Crippen LogP contribution < -0.4 is 0 Å². The van der Waals surface area contributed by atoms with E-state index in [1.54, 1.807) is 24.3 Å². The Kier molecular flexibility index (Phi) is 3.37. The maximum atomic E-state index is 13.0. The third kappa shape index (κ3) is 2.88. The molecule has 0 saturated carbocycles. The minimum atomic E-state index is -0.271. The van der Waals surface area contributed by atoms with Gasteiger partial charge in [0.05, 0.1) is 0 Å². The predicted molar refractivity (Wildman–Crippen MR) is 67.6 cm³/mol. The van der Waals surface area contributed by atoms with E-state index in [1.807, 2.05) is 0 Å². The minimum absolute atomic E-state index is 0.0555. The average molecular weight is 260 g/mol. The van der Waals surface area contributed by atoms with Crippen molar-refractivity contribution in [3.8, 4) is 0 Å². The summed E-state index contributed by atoms with van der Waals surface area (Å²) in [6.07, 6.45) is 5.29. The topological polar surface area (TPSA) is 48.2 Å². The molecule has 1 aromatic heterocycles. The molecule has 0 amide bonds. The lowest BCUT2D eigenvalue weighted by atomic mass is 10.2. The van der Waals surface area contributed by atoms with Crippen LogP contribution in [-0.4, -0.2) is 16.7 Å². The molecule has 0 N–H and O–H groups in total. The summed E-state index contributed by atoms with van der Waals surface area (Å²) >= 11 is 0. The number of hydrogen-bond donors (Lipinski definition) is 0. The van der Waals surface area contributed by atoms with Gasteiger partial charge in [0.2, 0.25) is 5.82 Å². The second kappa shape index (κ2) is 5.32. The molecule has 0 spiro atoms. The third-order valence-electron chi connectivity index (χ3n) is 2.94. The van der Waals surface area contributed by atoms with Gasteiger partial charge in [-0.1, -0.05) is 17.3 Å². The summed E-state index contributed by atoms with van der Waals surface area (Å²) in [5.41, 5.74) is 0.747. The van der Waals surface area contributed by atoms with Crippen LogP contribution in [0, 0.1) is 5.82 Å². The fraction of sp³-hybridized carbons (Fsp3) is 0.286. The zero-order chi connectivity index (χ0) is 13.1. The lowest BCUT2D eigenvalue weighted by molar-refractivity contribution is 0.103. The highest BCUT2D eigenvalue weighted by atomic mass is 19.1. The maximum Gasteiger partial charge on any atom is 0.250 e. The average Bonchev–Trinajstić information content (AvgIpc) is 3.07. The van der Waals surface area contributed by atoms with Crippen molar-refractivity contribution in [3.05, 3.63) is 47.4 Å². The summed E-state index contributed by atoms with van der Waals surface area (Å²) in [5, 5.41) is 3.89. The van der Waals surface area contributed by atoms with Crippen molar-refractivity contribution in [3.63, 3.8) is 0 Å². The highest BCUT2D eigenvalue weighted by Crippen LogP contribution is 2.26. The zero-order valence-electron chi connectivity index (χ0n) is 10.3. The Morgan fingerprint density at radius 1 is 1.32 bits per heavy atom. The molecule has 5 heteroatoms. The highest BCUT2D eigenvalue weighted by molar-refractivity contribution is 5.65. The van der Waals surface area contributed by atoms with Gasteiger partial charge in [0.25, 0.3) is 5.89 Å². The normalized spacial score (nSPS) is 19.3. The summed E-state index contributed by atoms with van der Waals surface area (Å²) < 4.78 is 23.6. The number of benzene rings is 1. The second-order valence-electron chi connectivity index (χ2n) is 4.38. The van der Waals surface area contributed by atoms with Gasteiger partial charge < -0.3 is 9.26 Å². The molecule has 1 aromatic carbocycles. The first-order valence-electron chi connectivity index (χ1n) is 6.20. The zero-order valence-corrected chi connectivity index (χ0v) is 10.3. The molecule has 1 atom stereocenters. The fourth-order valence-electron chi connectivity index (χ4n) is 2.00. The quantitative estimate of drug-likeness (QED) is 0.850. The molecule has 19 heavy (non-hydrogen) atoms. The van der Waals surface area contributed by atoms with E-state index in [0.717, 1.165) is 25.0 Å². The first kappa shape index (κ1) is 12.0. The number of nitrogens with zero attached hydrogens (tertiary/aromatic N) is 2. The summed E-state index contributed by atoms with van der Waals surface area (Å²) in [5.74, 6) is 0.707. The lowest BCUT2D eigenvalue weighted by Gasteiger charge is -2.00. The van der Waals surface area contributed by atoms with Crippen molar-refractivity contribution in [2.24, 2.45) is 0 Å². The van der Waals surface area contributed by atoms with Gasteiger partial charge in [-0.25, -0.2) is 4.39 Å². The first-order chi connectivity index (χ1) is 9.31. The van der Waals surface area contributed by atoms with Crippen LogP contribution in [0.1, 0.15) is 36.2 Å². The Balaban J connectivity index is 1.73. The van der Waals surface area contributed by atoms with Crippen LogP contribution in [0.5, 0.6) is 0 Å². The van der Waals surface area contributed by atoms with Crippen LogP contribution in [0.15, 0.2) is 28.8 Å². The van der Waals surface area contributed by atoms with Crippen LogP contribution >= 0.6 is 0 Å². The summed E-state index contributed by atoms with van der Waals surface area (Å²) in [6.45, 7) is 0.744. The Hall–Kier alpha value is -2.01. The van der Waals surface area contributed by atoms with Crippen LogP contribution in [0.25, 0.3) is 12.2 Å². The lowest BCUT2D eigenvalue weighted by Crippen LogP contribution is -1.97. The molecule has 0 radical (unpaired) electrons. The van der Waals surface area contributed by atoms with E-state index in [0.29, 0.717) is 11.7 Å². The monoisotopic (exact) mass is 260 g/mol. The summed E-state index contributed by atoms with van der Waals surface area (Å²) in [6, 6.07) is 6.30. The van der Waals surface area contributed by atoms with Crippen LogP contribution in [0.3, 0.4) is 0 Å². The highest BCUT2D eigenvalue weighted by Gasteiger charge is 2.22. The number of ether oxygens (including phenoxy) is 1. The van der Waals surface area contributed by atoms with E-state index < -0.39 is 0 Å². The molecule has 1 aliphatic heterocycles. The molecule has 2 aromatic rings. The number of halogens is 1. The van der Waals surface area contributed by atoms with Gasteiger partial charge in [0.15, 0.2) is 0 Å². The van der Waals surface area contributed by atoms with Gasteiger partial charge in [-0.2, -0.15) is 4.98 Å². The Morgan fingerprint density at radius 2 is 2.26 bits per heavy atom. The SMILES string of the molecule is Fc1cccc(C=Cc2nc(C3CCCO3)no2)c1. The van der Waals surface area contributed by atoms with Crippen molar-refractivity contribution in [2.75, 3.05) is 6.61 Å². The van der Waals surface area contributed by atoms with E-state index in [1.165, 1.54) is 12.1 Å². The van der Waals surface area contributed by atoms with E-state index in [2.05, 4.69) is 10.1 Å². The van der Waals surface area contributed by atoms with Gasteiger partial charge in [-0.3, -0.25) is 0 Å². The number of aromatic nitrogens is 2. The van der Waals surface area contributed by atoms with Gasteiger partial charge in [0.1, 0.15) is 11.9 Å². The van der Waals surface area contributed by atoms with E-state index in [4.69, 9.17) is 9.26 Å². The Bertz CT molecular complexity index is 589. The molecule has 3 rings (SSSR count). The van der Waals surface area contributed by atoms with E-state index >= 15 is 0 Å². The van der Waals surface area contributed by atoms with Crippen LogP contribution in [0.4, 0.5) is 4.39 Å². The smallest absolute Gasteiger partial charge is 0.250 e. The molecule has 98 valence electrons. The van der Waals surface area contributed by atoms with Gasteiger partial charge >= 0.3 is 0 Å². The molecular formula is C14H13FN2O2. The van der Waals surface area contributed by atoms with Crippen LogP contribution in [0.2, 0.25) is 0 Å². The molecule has 0 aliphatic carbocycles. The van der Waals surface area contributed by atoms with Crippen molar-refractivity contribution in [1.82, 2.24) is 10.1 Å². The molecule has 1 unspecified atom stereocenters. The predicted octanol–water partition coefficient (Wildman–Crippen LogP) is 3.23. The summed E-state index contributed by atoms with van der Waals surface area (Å²) in [4.78, 5) is 4.25. The minimum Gasteiger partial charge on any atom is -0.370 e. The fourth-order valence-corrected chi connectivity index (χ4v) is 2.00. The standard InChI is InChI=1S/C14H13FN2O2/c15-11-4-1-3-10(9-11)6-7-13-16-14(17-19-13)12-5-2-8-18-12/h1,3-4,6-7,9,12H,2,5,8H2. The van der Waals surface area contributed by atoms with Crippen molar-refractivity contribution < 1.29 is 13.7 Å². The van der Waals surface area contributed by atoms with Crippen molar-refractivity contribution in [2.45, 2.75) is 18.9 Å². The molecule has 2 heterocycles. The number of hydrogen-bond acceptors (Lipinski definition) is 4. The van der Waals surface area contributed by atoms with Gasteiger partial charge in [0, 0.05) is 12.7 Å². The Labute approximate surface area is 109 Å². The van der Waals surface area contributed by atoms with E-state index in [9.17, 15) is 4.39 Å². The first-order valence-corrected chi connectivity index (χ1v) is 6.20. The molecule has 1 aliphatic rings. The molecule has 0 bridgehead atoms. The van der Waals surface area contributed by atoms with E-state index in [-0.39, 0.29) is 11.9 Å². The molecular weight excluding hydrogens is 247 g/mol. The molecule has 1 fully saturated rings. The van der Waals surface area contributed by atoms with Gasteiger partial charge in [-0.05, 0) is 36.6 Å². The number of rotatable bonds is 3. The second-order valence-corrected chi connectivity index (χ2v) is 4.38. The van der Waals surface area contributed by atoms with Crippen molar-refractivity contribution in [1.29, 1.82) is 0 Å². The molecule has 4 nitrogen and oxygen atoms in total.